The third kappa shape index (κ3) is 2.07. The molecule has 0 unspecified atom stereocenters. The van der Waals surface area contributed by atoms with Crippen molar-refractivity contribution in [2.75, 3.05) is 13.7 Å². The Balaban J connectivity index is 2.64. The predicted molar refractivity (Wildman–Crippen MR) is 67.8 cm³/mol. The molecular formula is C14H19NO2. The average Bonchev–Trinajstić information content (AvgIpc) is 2.37. The van der Waals surface area contributed by atoms with Crippen molar-refractivity contribution in [3.05, 3.63) is 28.3 Å². The van der Waals surface area contributed by atoms with Gasteiger partial charge >= 0.3 is 0 Å². The molecule has 1 aromatic rings. The van der Waals surface area contributed by atoms with Crippen LogP contribution < -0.4 is 10.5 Å². The molecule has 0 spiro atoms. The highest BCUT2D eigenvalue weighted by atomic mass is 16.5. The Hall–Kier alpha value is -1.35. The average molecular weight is 233 g/mol. The second kappa shape index (κ2) is 4.88. The number of benzene rings is 1. The van der Waals surface area contributed by atoms with Crippen LogP contribution in [-0.4, -0.2) is 19.4 Å². The van der Waals surface area contributed by atoms with E-state index in [2.05, 4.69) is 6.92 Å². The first-order chi connectivity index (χ1) is 8.19. The number of aryl methyl sites for hydroxylation is 1. The Morgan fingerprint density at radius 1 is 1.35 bits per heavy atom. The Morgan fingerprint density at radius 2 is 2.00 bits per heavy atom. The van der Waals surface area contributed by atoms with Gasteiger partial charge in [-0.2, -0.15) is 0 Å². The minimum Gasteiger partial charge on any atom is -0.496 e. The number of methoxy groups -OCH3 is 1. The van der Waals surface area contributed by atoms with E-state index in [0.717, 1.165) is 24.8 Å². The molecule has 0 radical (unpaired) electrons. The predicted octanol–water partition coefficient (Wildman–Crippen LogP) is 2.02. The maximum absolute atomic E-state index is 12.0. The summed E-state index contributed by atoms with van der Waals surface area (Å²) in [6.45, 7) is 2.13. The Kier molecular flexibility index (Phi) is 3.48. The molecule has 2 N–H and O–H groups in total. The first kappa shape index (κ1) is 12.1. The molecular weight excluding hydrogens is 214 g/mol. The number of hydrogen-bond donors (Lipinski definition) is 1. The molecule has 0 amide bonds. The first-order valence-corrected chi connectivity index (χ1v) is 6.11. The van der Waals surface area contributed by atoms with E-state index >= 15 is 0 Å². The summed E-state index contributed by atoms with van der Waals surface area (Å²) < 4.78 is 5.34. The summed E-state index contributed by atoms with van der Waals surface area (Å²) in [5.41, 5.74) is 9.94. The number of nitrogens with two attached hydrogens (primary N) is 1. The van der Waals surface area contributed by atoms with Gasteiger partial charge in [-0.05, 0) is 55.4 Å². The van der Waals surface area contributed by atoms with E-state index in [0.29, 0.717) is 5.75 Å². The van der Waals surface area contributed by atoms with Crippen molar-refractivity contribution >= 4 is 5.78 Å². The smallest absolute Gasteiger partial charge is 0.180 e. The molecule has 17 heavy (non-hydrogen) atoms. The topological polar surface area (TPSA) is 52.3 Å². The van der Waals surface area contributed by atoms with Gasteiger partial charge in [-0.15, -0.1) is 0 Å². The van der Waals surface area contributed by atoms with Crippen molar-refractivity contribution in [2.24, 2.45) is 5.73 Å². The van der Waals surface area contributed by atoms with Gasteiger partial charge in [0.15, 0.2) is 5.78 Å². The Labute approximate surface area is 102 Å². The highest BCUT2D eigenvalue weighted by Crippen LogP contribution is 2.33. The molecule has 1 aliphatic rings. The molecule has 92 valence electrons. The number of hydrogen-bond acceptors (Lipinski definition) is 3. The molecule has 0 heterocycles. The van der Waals surface area contributed by atoms with Gasteiger partial charge in [0.2, 0.25) is 0 Å². The van der Waals surface area contributed by atoms with Crippen LogP contribution in [0.1, 0.15) is 39.9 Å². The summed E-state index contributed by atoms with van der Waals surface area (Å²) in [6.07, 6.45) is 4.38. The highest BCUT2D eigenvalue weighted by molar-refractivity contribution is 6.02. The molecule has 3 heteroatoms. The molecule has 0 saturated heterocycles. The zero-order valence-electron chi connectivity index (χ0n) is 10.5. The van der Waals surface area contributed by atoms with E-state index in [1.54, 1.807) is 7.11 Å². The lowest BCUT2D eigenvalue weighted by Crippen LogP contribution is -2.19. The van der Waals surface area contributed by atoms with Gasteiger partial charge in [0.1, 0.15) is 5.75 Å². The first-order valence-electron chi connectivity index (χ1n) is 6.11. The fourth-order valence-corrected chi connectivity index (χ4v) is 2.69. The second-order valence-corrected chi connectivity index (χ2v) is 4.56. The summed E-state index contributed by atoms with van der Waals surface area (Å²) in [5.74, 6) is 0.665. The Bertz CT molecular complexity index is 452. The van der Waals surface area contributed by atoms with Crippen LogP contribution in [0.15, 0.2) is 6.07 Å². The molecule has 1 aromatic carbocycles. The van der Waals surface area contributed by atoms with E-state index in [9.17, 15) is 4.79 Å². The fraction of sp³-hybridized carbons (Fsp3) is 0.500. The lowest BCUT2D eigenvalue weighted by molar-refractivity contribution is 0.0997. The monoisotopic (exact) mass is 233 g/mol. The number of ether oxygens (including phenoxy) is 1. The normalized spacial score (nSPS) is 14.3. The van der Waals surface area contributed by atoms with Gasteiger partial charge in [-0.3, -0.25) is 4.79 Å². The zero-order chi connectivity index (χ0) is 12.4. The quantitative estimate of drug-likeness (QED) is 0.813. The maximum Gasteiger partial charge on any atom is 0.180 e. The van der Waals surface area contributed by atoms with Crippen LogP contribution in [0.4, 0.5) is 0 Å². The third-order valence-corrected chi connectivity index (χ3v) is 3.52. The van der Waals surface area contributed by atoms with Gasteiger partial charge in [-0.25, -0.2) is 0 Å². The van der Waals surface area contributed by atoms with Crippen LogP contribution in [0.2, 0.25) is 0 Å². The van der Waals surface area contributed by atoms with Gasteiger partial charge in [0.25, 0.3) is 0 Å². The van der Waals surface area contributed by atoms with E-state index in [1.165, 1.54) is 23.1 Å². The second-order valence-electron chi connectivity index (χ2n) is 4.56. The van der Waals surface area contributed by atoms with Crippen molar-refractivity contribution in [1.29, 1.82) is 0 Å². The van der Waals surface area contributed by atoms with Gasteiger partial charge < -0.3 is 10.5 Å². The summed E-state index contributed by atoms with van der Waals surface area (Å²) in [7, 11) is 1.61. The largest absolute Gasteiger partial charge is 0.496 e. The van der Waals surface area contributed by atoms with Crippen LogP contribution in [0.25, 0.3) is 0 Å². The van der Waals surface area contributed by atoms with Crippen molar-refractivity contribution in [3.8, 4) is 5.75 Å². The highest BCUT2D eigenvalue weighted by Gasteiger charge is 2.23. The summed E-state index contributed by atoms with van der Waals surface area (Å²) >= 11 is 0. The minimum absolute atomic E-state index is 0.0139. The van der Waals surface area contributed by atoms with Gasteiger partial charge in [-0.1, -0.05) is 0 Å². The molecule has 0 atom stereocenters. The number of Topliss-reactive ketones (excluding diaryl/α,β-unsaturated/α-hetero) is 1. The van der Waals surface area contributed by atoms with E-state index in [1.807, 2.05) is 6.07 Å². The lowest BCUT2D eigenvalue weighted by Gasteiger charge is -2.23. The van der Waals surface area contributed by atoms with Crippen LogP contribution in [-0.2, 0) is 12.8 Å². The molecule has 0 aromatic heterocycles. The van der Waals surface area contributed by atoms with Crippen LogP contribution in [0.5, 0.6) is 5.75 Å². The number of ketones is 1. The van der Waals surface area contributed by atoms with Gasteiger partial charge in [0, 0.05) is 0 Å². The summed E-state index contributed by atoms with van der Waals surface area (Å²) in [6, 6.07) is 1.97. The van der Waals surface area contributed by atoms with E-state index in [4.69, 9.17) is 10.5 Å². The molecule has 0 fully saturated rings. The fourth-order valence-electron chi connectivity index (χ4n) is 2.69. The zero-order valence-corrected chi connectivity index (χ0v) is 10.5. The minimum atomic E-state index is -0.0139. The van der Waals surface area contributed by atoms with Crippen molar-refractivity contribution in [1.82, 2.24) is 0 Å². The molecule has 0 saturated carbocycles. The number of fused-ring (bicyclic) bond motifs is 1. The summed E-state index contributed by atoms with van der Waals surface area (Å²) in [5, 5.41) is 0. The van der Waals surface area contributed by atoms with Crippen molar-refractivity contribution in [2.45, 2.75) is 32.6 Å². The standard InChI is InChI=1S/C14H19NO2/c1-9-7-13(17-2)14(12(16)8-15)11-6-4-3-5-10(9)11/h7H,3-6,8,15H2,1-2H3. The molecule has 0 bridgehead atoms. The Morgan fingerprint density at radius 3 is 2.59 bits per heavy atom. The maximum atomic E-state index is 12.0. The van der Waals surface area contributed by atoms with Crippen LogP contribution >= 0.6 is 0 Å². The number of carbonyl (C=O) groups is 1. The van der Waals surface area contributed by atoms with Crippen LogP contribution in [0, 0.1) is 6.92 Å². The van der Waals surface area contributed by atoms with E-state index in [-0.39, 0.29) is 12.3 Å². The third-order valence-electron chi connectivity index (χ3n) is 3.52. The SMILES string of the molecule is COc1cc(C)c2c(c1C(=O)CN)CCCC2. The number of carbonyl (C=O) groups excluding carboxylic acids is 1. The summed E-state index contributed by atoms with van der Waals surface area (Å²) in [4.78, 5) is 12.0. The number of rotatable bonds is 3. The molecule has 2 rings (SSSR count). The molecule has 0 aliphatic heterocycles. The lowest BCUT2D eigenvalue weighted by atomic mass is 9.84. The van der Waals surface area contributed by atoms with E-state index < -0.39 is 0 Å². The van der Waals surface area contributed by atoms with Gasteiger partial charge in [0.05, 0.1) is 19.2 Å². The molecule has 3 nitrogen and oxygen atoms in total. The van der Waals surface area contributed by atoms with Crippen LogP contribution in [0.3, 0.4) is 0 Å². The van der Waals surface area contributed by atoms with Crippen molar-refractivity contribution in [3.63, 3.8) is 0 Å². The van der Waals surface area contributed by atoms with Crippen molar-refractivity contribution < 1.29 is 9.53 Å². The molecule has 1 aliphatic carbocycles.